The zero-order valence-electron chi connectivity index (χ0n) is 15.9. The van der Waals surface area contributed by atoms with Crippen LogP contribution in [0.1, 0.15) is 30.3 Å². The van der Waals surface area contributed by atoms with E-state index >= 15 is 0 Å². The van der Waals surface area contributed by atoms with Crippen molar-refractivity contribution in [2.45, 2.75) is 19.8 Å². The lowest BCUT2D eigenvalue weighted by Crippen LogP contribution is -2.47. The fourth-order valence-electron chi connectivity index (χ4n) is 2.83. The van der Waals surface area contributed by atoms with Gasteiger partial charge in [0.1, 0.15) is 0 Å². The van der Waals surface area contributed by atoms with Crippen molar-refractivity contribution in [2.24, 2.45) is 5.92 Å². The summed E-state index contributed by atoms with van der Waals surface area (Å²) in [6, 6.07) is 3.06. The third kappa shape index (κ3) is 6.08. The Morgan fingerprint density at radius 3 is 2.54 bits per heavy atom. The van der Waals surface area contributed by atoms with Gasteiger partial charge in [0.25, 0.3) is 5.91 Å². The van der Waals surface area contributed by atoms with Gasteiger partial charge in [-0.1, -0.05) is 0 Å². The molecule has 0 spiro atoms. The van der Waals surface area contributed by atoms with Crippen LogP contribution in [0.15, 0.2) is 21.2 Å². The molecule has 9 nitrogen and oxygen atoms in total. The van der Waals surface area contributed by atoms with Crippen LogP contribution in [0.3, 0.4) is 0 Å². The average Bonchev–Trinajstić information content (AvgIpc) is 3.12. The molecule has 2 rings (SSSR count). The number of nitrogens with zero attached hydrogens (tertiary/aromatic N) is 2. The fourth-order valence-corrected chi connectivity index (χ4v) is 3.14. The quantitative estimate of drug-likeness (QED) is 0.612. The summed E-state index contributed by atoms with van der Waals surface area (Å²) in [5, 5.41) is 2.45. The lowest BCUT2D eigenvalue weighted by molar-refractivity contribution is -0.151. The number of esters is 1. The number of hydrogen-bond acceptors (Lipinski definition) is 6. The van der Waals surface area contributed by atoms with Crippen molar-refractivity contribution < 1.29 is 28.3 Å². The number of nitrogens with one attached hydrogen (secondary N) is 1. The summed E-state index contributed by atoms with van der Waals surface area (Å²) in [6.45, 7) is 2.68. The molecule has 2 heterocycles. The zero-order chi connectivity index (χ0) is 20.7. The molecule has 0 radical (unpaired) electrons. The minimum atomic E-state index is -0.514. The summed E-state index contributed by atoms with van der Waals surface area (Å²) in [6.07, 6.45) is 1.11. The van der Waals surface area contributed by atoms with E-state index in [-0.39, 0.29) is 36.6 Å². The molecular formula is C18H24BrN3O6. The van der Waals surface area contributed by atoms with Crippen LogP contribution < -0.4 is 5.32 Å². The second-order valence-electron chi connectivity index (χ2n) is 6.44. The Morgan fingerprint density at radius 1 is 1.29 bits per heavy atom. The van der Waals surface area contributed by atoms with Crippen LogP contribution in [0.4, 0.5) is 0 Å². The largest absolute Gasteiger partial charge is 0.466 e. The zero-order valence-corrected chi connectivity index (χ0v) is 17.5. The molecule has 0 unspecified atom stereocenters. The van der Waals surface area contributed by atoms with E-state index in [0.717, 1.165) is 0 Å². The summed E-state index contributed by atoms with van der Waals surface area (Å²) in [5.74, 6) is -1.42. The molecule has 1 aliphatic heterocycles. The maximum Gasteiger partial charge on any atom is 0.309 e. The first kappa shape index (κ1) is 21.9. The Morgan fingerprint density at radius 2 is 1.96 bits per heavy atom. The number of hydrogen-bond donors (Lipinski definition) is 1. The molecule has 1 saturated heterocycles. The van der Waals surface area contributed by atoms with Crippen molar-refractivity contribution in [1.29, 1.82) is 0 Å². The first-order valence-electron chi connectivity index (χ1n) is 9.03. The number of carbonyl (C=O) groups excluding carboxylic acids is 4. The molecule has 28 heavy (non-hydrogen) atoms. The van der Waals surface area contributed by atoms with Crippen molar-refractivity contribution in [3.63, 3.8) is 0 Å². The van der Waals surface area contributed by atoms with Crippen molar-refractivity contribution in [1.82, 2.24) is 15.1 Å². The van der Waals surface area contributed by atoms with Gasteiger partial charge in [-0.05, 0) is 47.8 Å². The van der Waals surface area contributed by atoms with Crippen LogP contribution in [-0.4, -0.2) is 73.3 Å². The molecule has 1 aromatic rings. The van der Waals surface area contributed by atoms with E-state index in [9.17, 15) is 19.2 Å². The first-order chi connectivity index (χ1) is 13.3. The van der Waals surface area contributed by atoms with Crippen molar-refractivity contribution >= 4 is 39.6 Å². The summed E-state index contributed by atoms with van der Waals surface area (Å²) < 4.78 is 10.5. The number of likely N-dealkylation sites (N-methyl/N-ethyl adjacent to an activating group) is 1. The molecule has 0 aromatic carbocycles. The maximum atomic E-state index is 12.4. The van der Waals surface area contributed by atoms with Gasteiger partial charge in [-0.15, -0.1) is 0 Å². The third-order valence-electron chi connectivity index (χ3n) is 4.46. The number of rotatable bonds is 7. The molecule has 1 N–H and O–H groups in total. The van der Waals surface area contributed by atoms with Gasteiger partial charge in [-0.3, -0.25) is 19.2 Å². The molecular weight excluding hydrogens is 434 g/mol. The molecule has 1 fully saturated rings. The van der Waals surface area contributed by atoms with E-state index in [1.165, 1.54) is 18.0 Å². The van der Waals surface area contributed by atoms with E-state index in [2.05, 4.69) is 21.2 Å². The molecule has 154 valence electrons. The second kappa shape index (κ2) is 10.3. The molecule has 0 saturated carbocycles. The van der Waals surface area contributed by atoms with Gasteiger partial charge in [0, 0.05) is 20.1 Å². The Bertz CT molecular complexity index is 727. The number of furan rings is 1. The van der Waals surface area contributed by atoms with E-state index in [4.69, 9.17) is 9.15 Å². The van der Waals surface area contributed by atoms with E-state index < -0.39 is 11.8 Å². The van der Waals surface area contributed by atoms with Crippen LogP contribution in [0.2, 0.25) is 0 Å². The number of likely N-dealkylation sites (tertiary alicyclic amines) is 1. The van der Waals surface area contributed by atoms with Gasteiger partial charge in [0.2, 0.25) is 11.8 Å². The number of ether oxygens (including phenoxy) is 1. The molecule has 1 aliphatic rings. The molecule has 3 amide bonds. The van der Waals surface area contributed by atoms with E-state index in [0.29, 0.717) is 37.2 Å². The van der Waals surface area contributed by atoms with E-state index in [1.807, 2.05) is 0 Å². The van der Waals surface area contributed by atoms with Crippen molar-refractivity contribution in [3.05, 3.63) is 22.6 Å². The van der Waals surface area contributed by atoms with Gasteiger partial charge >= 0.3 is 5.97 Å². The standard InChI is InChI=1S/C18H24BrN3O6/c1-3-27-18(26)12-6-8-22(9-7-12)16(24)11-21(2)15(23)10-20-17(25)13-4-5-14(19)28-13/h4-5,12H,3,6-11H2,1-2H3,(H,20,25). The number of piperidine rings is 1. The Hall–Kier alpha value is -2.36. The average molecular weight is 458 g/mol. The monoisotopic (exact) mass is 457 g/mol. The number of amides is 3. The minimum absolute atomic E-state index is 0.0860. The predicted molar refractivity (Wildman–Crippen MR) is 102 cm³/mol. The maximum absolute atomic E-state index is 12.4. The Balaban J connectivity index is 1.73. The highest BCUT2D eigenvalue weighted by molar-refractivity contribution is 9.10. The first-order valence-corrected chi connectivity index (χ1v) is 9.83. The number of halogens is 1. The van der Waals surface area contributed by atoms with Crippen molar-refractivity contribution in [3.8, 4) is 0 Å². The van der Waals surface area contributed by atoms with Gasteiger partial charge < -0.3 is 24.3 Å². The van der Waals surface area contributed by atoms with E-state index in [1.54, 1.807) is 17.9 Å². The van der Waals surface area contributed by atoms with Crippen LogP contribution in [0.5, 0.6) is 0 Å². The highest BCUT2D eigenvalue weighted by Gasteiger charge is 2.29. The Labute approximate surface area is 171 Å². The lowest BCUT2D eigenvalue weighted by atomic mass is 9.97. The van der Waals surface area contributed by atoms with Crippen LogP contribution in [0.25, 0.3) is 0 Å². The van der Waals surface area contributed by atoms with Crippen LogP contribution in [0, 0.1) is 5.92 Å². The summed E-state index contributed by atoms with van der Waals surface area (Å²) in [4.78, 5) is 51.1. The predicted octanol–water partition coefficient (Wildman–Crippen LogP) is 1.03. The van der Waals surface area contributed by atoms with Crippen LogP contribution in [-0.2, 0) is 19.1 Å². The highest BCUT2D eigenvalue weighted by atomic mass is 79.9. The lowest BCUT2D eigenvalue weighted by Gasteiger charge is -2.32. The normalized spacial score (nSPS) is 14.5. The van der Waals surface area contributed by atoms with Crippen molar-refractivity contribution in [2.75, 3.05) is 39.8 Å². The summed E-state index contributed by atoms with van der Waals surface area (Å²) in [5.41, 5.74) is 0. The molecule has 0 bridgehead atoms. The minimum Gasteiger partial charge on any atom is -0.466 e. The second-order valence-corrected chi connectivity index (χ2v) is 7.22. The highest BCUT2D eigenvalue weighted by Crippen LogP contribution is 2.19. The van der Waals surface area contributed by atoms with Crippen LogP contribution >= 0.6 is 15.9 Å². The summed E-state index contributed by atoms with van der Waals surface area (Å²) >= 11 is 3.10. The van der Waals surface area contributed by atoms with Gasteiger partial charge in [0.05, 0.1) is 25.6 Å². The SMILES string of the molecule is CCOC(=O)C1CCN(C(=O)CN(C)C(=O)CNC(=O)c2ccc(Br)o2)CC1. The molecule has 1 aromatic heterocycles. The topological polar surface area (TPSA) is 109 Å². The van der Waals surface area contributed by atoms with Gasteiger partial charge in [-0.2, -0.15) is 0 Å². The third-order valence-corrected chi connectivity index (χ3v) is 4.89. The Kier molecular flexibility index (Phi) is 8.04. The fraction of sp³-hybridized carbons (Fsp3) is 0.556. The summed E-state index contributed by atoms with van der Waals surface area (Å²) in [7, 11) is 1.50. The van der Waals surface area contributed by atoms with Gasteiger partial charge in [0.15, 0.2) is 10.4 Å². The molecule has 0 aliphatic carbocycles. The molecule has 10 heteroatoms. The number of carbonyl (C=O) groups is 4. The smallest absolute Gasteiger partial charge is 0.309 e. The van der Waals surface area contributed by atoms with Gasteiger partial charge in [-0.25, -0.2) is 0 Å². The molecule has 0 atom stereocenters.